The van der Waals surface area contributed by atoms with Gasteiger partial charge in [0.25, 0.3) is 0 Å². The highest BCUT2D eigenvalue weighted by Crippen LogP contribution is 2.18. The summed E-state index contributed by atoms with van der Waals surface area (Å²) in [5.41, 5.74) is 0. The molecule has 0 spiro atoms. The van der Waals surface area contributed by atoms with Crippen molar-refractivity contribution in [3.05, 3.63) is 12.5 Å². The fraction of sp³-hybridized carbons (Fsp3) is 0.556. The second-order valence-electron chi connectivity index (χ2n) is 3.66. The van der Waals surface area contributed by atoms with Crippen LogP contribution in [0.3, 0.4) is 0 Å². The van der Waals surface area contributed by atoms with E-state index in [2.05, 4.69) is 17.6 Å². The number of aromatic nitrogens is 2. The Hall–Kier alpha value is -0.970. The number of hydrogen-bond acceptors (Lipinski definition) is 3. The number of carbonyl (C=O) groups is 1. The third kappa shape index (κ3) is 2.77. The lowest BCUT2D eigenvalue weighted by molar-refractivity contribution is -0.141. The van der Waals surface area contributed by atoms with Gasteiger partial charge in [-0.25, -0.2) is 9.78 Å². The summed E-state index contributed by atoms with van der Waals surface area (Å²) in [5.74, 6) is -0.494. The summed E-state index contributed by atoms with van der Waals surface area (Å²) in [7, 11) is 0. The highest BCUT2D eigenvalue weighted by molar-refractivity contribution is 7.80. The summed E-state index contributed by atoms with van der Waals surface area (Å²) in [5, 5.41) is 9.55. The standard InChI is InChI=1S/C9H14N2O2S/c1-6(2)3-7(9(12)13)11-4-8(14)10-5-11/h4-7,14H,3H2,1-2H3,(H,12,13)/t7-/m0/s1. The second-order valence-corrected chi connectivity index (χ2v) is 4.12. The van der Waals surface area contributed by atoms with Crippen LogP contribution in [0.2, 0.25) is 0 Å². The van der Waals surface area contributed by atoms with Gasteiger partial charge in [-0.3, -0.25) is 0 Å². The average Bonchev–Trinajstić information content (AvgIpc) is 2.46. The van der Waals surface area contributed by atoms with Gasteiger partial charge in [-0.05, 0) is 12.3 Å². The fourth-order valence-corrected chi connectivity index (χ4v) is 1.48. The van der Waals surface area contributed by atoms with E-state index in [0.29, 0.717) is 17.4 Å². The molecule has 0 unspecified atom stereocenters. The topological polar surface area (TPSA) is 55.1 Å². The summed E-state index contributed by atoms with van der Waals surface area (Å²) < 4.78 is 1.59. The molecule has 5 heteroatoms. The Balaban J connectivity index is 2.83. The zero-order chi connectivity index (χ0) is 10.7. The van der Waals surface area contributed by atoms with Gasteiger partial charge < -0.3 is 9.67 Å². The molecule has 0 aromatic carbocycles. The van der Waals surface area contributed by atoms with Crippen LogP contribution in [-0.2, 0) is 4.79 Å². The molecule has 0 bridgehead atoms. The SMILES string of the molecule is CC(C)C[C@@H](C(=O)O)n1cnc(S)c1. The molecule has 78 valence electrons. The predicted molar refractivity (Wildman–Crippen MR) is 55.6 cm³/mol. The first-order valence-electron chi connectivity index (χ1n) is 4.46. The van der Waals surface area contributed by atoms with Gasteiger partial charge in [-0.2, -0.15) is 0 Å². The van der Waals surface area contributed by atoms with Gasteiger partial charge in [0.2, 0.25) is 0 Å². The normalized spacial score (nSPS) is 13.1. The van der Waals surface area contributed by atoms with Crippen LogP contribution in [-0.4, -0.2) is 20.6 Å². The van der Waals surface area contributed by atoms with Gasteiger partial charge >= 0.3 is 5.97 Å². The summed E-state index contributed by atoms with van der Waals surface area (Å²) in [6, 6.07) is -0.539. The lowest BCUT2D eigenvalue weighted by atomic mass is 10.0. The van der Waals surface area contributed by atoms with Gasteiger partial charge in [-0.1, -0.05) is 13.8 Å². The molecule has 1 rings (SSSR count). The lowest BCUT2D eigenvalue weighted by Gasteiger charge is -2.15. The van der Waals surface area contributed by atoms with Crippen LogP contribution >= 0.6 is 12.6 Å². The minimum absolute atomic E-state index is 0.335. The highest BCUT2D eigenvalue weighted by Gasteiger charge is 2.20. The van der Waals surface area contributed by atoms with E-state index in [9.17, 15) is 4.79 Å². The zero-order valence-corrected chi connectivity index (χ0v) is 9.11. The molecule has 0 aliphatic carbocycles. The summed E-state index contributed by atoms with van der Waals surface area (Å²) >= 11 is 4.03. The van der Waals surface area contributed by atoms with Crippen LogP contribution in [0.1, 0.15) is 26.3 Å². The molecule has 0 saturated heterocycles. The Bertz CT molecular complexity index is 322. The van der Waals surface area contributed by atoms with E-state index in [1.165, 1.54) is 6.33 Å². The maximum Gasteiger partial charge on any atom is 0.326 e. The monoisotopic (exact) mass is 214 g/mol. The number of imidazole rings is 1. The number of hydrogen-bond donors (Lipinski definition) is 2. The van der Waals surface area contributed by atoms with Crippen molar-refractivity contribution >= 4 is 18.6 Å². The first kappa shape index (κ1) is 11.1. The third-order valence-electron chi connectivity index (χ3n) is 1.93. The van der Waals surface area contributed by atoms with Crippen molar-refractivity contribution in [2.45, 2.75) is 31.3 Å². The van der Waals surface area contributed by atoms with Gasteiger partial charge in [-0.15, -0.1) is 12.6 Å². The van der Waals surface area contributed by atoms with Crippen molar-refractivity contribution in [3.63, 3.8) is 0 Å². The largest absolute Gasteiger partial charge is 0.480 e. The molecular weight excluding hydrogens is 200 g/mol. The van der Waals surface area contributed by atoms with Crippen molar-refractivity contribution < 1.29 is 9.90 Å². The minimum Gasteiger partial charge on any atom is -0.480 e. The first-order chi connectivity index (χ1) is 6.50. The van der Waals surface area contributed by atoms with E-state index in [1.54, 1.807) is 10.8 Å². The Morgan fingerprint density at radius 2 is 2.36 bits per heavy atom. The van der Waals surface area contributed by atoms with Crippen molar-refractivity contribution in [1.82, 2.24) is 9.55 Å². The van der Waals surface area contributed by atoms with E-state index >= 15 is 0 Å². The Morgan fingerprint density at radius 3 is 2.71 bits per heavy atom. The smallest absolute Gasteiger partial charge is 0.326 e. The highest BCUT2D eigenvalue weighted by atomic mass is 32.1. The molecule has 0 radical (unpaired) electrons. The van der Waals surface area contributed by atoms with Crippen LogP contribution in [0.4, 0.5) is 0 Å². The van der Waals surface area contributed by atoms with E-state index in [-0.39, 0.29) is 0 Å². The van der Waals surface area contributed by atoms with Crippen LogP contribution in [0.25, 0.3) is 0 Å². The summed E-state index contributed by atoms with van der Waals surface area (Å²) in [6.07, 6.45) is 3.73. The fourth-order valence-electron chi connectivity index (χ4n) is 1.29. The Kier molecular flexibility index (Phi) is 3.57. The molecule has 1 heterocycles. The molecule has 1 atom stereocenters. The molecule has 0 aliphatic rings. The third-order valence-corrected chi connectivity index (χ3v) is 2.16. The van der Waals surface area contributed by atoms with E-state index < -0.39 is 12.0 Å². The second kappa shape index (κ2) is 4.50. The zero-order valence-electron chi connectivity index (χ0n) is 8.21. The lowest BCUT2D eigenvalue weighted by Crippen LogP contribution is -2.19. The molecule has 0 fully saturated rings. The van der Waals surface area contributed by atoms with Gasteiger partial charge in [0.05, 0.1) is 6.33 Å². The van der Waals surface area contributed by atoms with Gasteiger partial charge in [0, 0.05) is 6.20 Å². The van der Waals surface area contributed by atoms with E-state index in [1.807, 2.05) is 13.8 Å². The number of nitrogens with zero attached hydrogens (tertiary/aromatic N) is 2. The quantitative estimate of drug-likeness (QED) is 0.752. The maximum absolute atomic E-state index is 11.0. The predicted octanol–water partition coefficient (Wildman–Crippen LogP) is 1.84. The average molecular weight is 214 g/mol. The van der Waals surface area contributed by atoms with Crippen molar-refractivity contribution in [2.24, 2.45) is 5.92 Å². The number of carboxylic acids is 1. The molecule has 1 aromatic rings. The molecule has 4 nitrogen and oxygen atoms in total. The van der Waals surface area contributed by atoms with Crippen molar-refractivity contribution in [2.75, 3.05) is 0 Å². The Morgan fingerprint density at radius 1 is 1.71 bits per heavy atom. The van der Waals surface area contributed by atoms with Crippen molar-refractivity contribution in [1.29, 1.82) is 0 Å². The van der Waals surface area contributed by atoms with E-state index in [0.717, 1.165) is 0 Å². The van der Waals surface area contributed by atoms with E-state index in [4.69, 9.17) is 5.11 Å². The molecular formula is C9H14N2O2S. The molecule has 1 aromatic heterocycles. The van der Waals surface area contributed by atoms with Crippen LogP contribution in [0, 0.1) is 5.92 Å². The molecule has 0 amide bonds. The van der Waals surface area contributed by atoms with Crippen molar-refractivity contribution in [3.8, 4) is 0 Å². The van der Waals surface area contributed by atoms with Gasteiger partial charge in [0.15, 0.2) is 0 Å². The number of aliphatic carboxylic acids is 1. The minimum atomic E-state index is -0.829. The molecule has 0 saturated carbocycles. The summed E-state index contributed by atoms with van der Waals surface area (Å²) in [4.78, 5) is 14.9. The number of thiol groups is 1. The molecule has 14 heavy (non-hydrogen) atoms. The molecule has 0 aliphatic heterocycles. The van der Waals surface area contributed by atoms with Crippen LogP contribution in [0.5, 0.6) is 0 Å². The van der Waals surface area contributed by atoms with Gasteiger partial charge in [0.1, 0.15) is 11.1 Å². The Labute approximate surface area is 88.4 Å². The number of rotatable bonds is 4. The van der Waals surface area contributed by atoms with Crippen LogP contribution < -0.4 is 0 Å². The van der Waals surface area contributed by atoms with Crippen LogP contribution in [0.15, 0.2) is 17.6 Å². The maximum atomic E-state index is 11.0. The number of carboxylic acid groups (broad SMARTS) is 1. The summed E-state index contributed by atoms with van der Waals surface area (Å²) in [6.45, 7) is 3.99. The first-order valence-corrected chi connectivity index (χ1v) is 4.90. The molecule has 1 N–H and O–H groups in total.